The molecule has 92 valence electrons. The second-order valence-corrected chi connectivity index (χ2v) is 4.20. The van der Waals surface area contributed by atoms with E-state index < -0.39 is 0 Å². The van der Waals surface area contributed by atoms with Gasteiger partial charge in [-0.1, -0.05) is 0 Å². The van der Waals surface area contributed by atoms with E-state index in [0.717, 1.165) is 5.71 Å². The molecule has 0 aromatic carbocycles. The van der Waals surface area contributed by atoms with Gasteiger partial charge in [0, 0.05) is 25.6 Å². The van der Waals surface area contributed by atoms with Crippen molar-refractivity contribution in [3.05, 3.63) is 21.6 Å². The molecule has 0 radical (unpaired) electrons. The molecular formula is C11H16N4O2. The second kappa shape index (κ2) is 4.29. The summed E-state index contributed by atoms with van der Waals surface area (Å²) in [6.45, 7) is 4.08. The van der Waals surface area contributed by atoms with Crippen LogP contribution in [-0.4, -0.2) is 34.0 Å². The summed E-state index contributed by atoms with van der Waals surface area (Å²) in [7, 11) is 1.77. The maximum atomic E-state index is 12.2. The van der Waals surface area contributed by atoms with E-state index in [1.807, 2.05) is 6.92 Å². The van der Waals surface area contributed by atoms with Gasteiger partial charge in [0.1, 0.15) is 0 Å². The van der Waals surface area contributed by atoms with E-state index in [0.29, 0.717) is 30.2 Å². The molecule has 1 aliphatic rings. The lowest BCUT2D eigenvalue weighted by Crippen LogP contribution is -2.37. The number of aliphatic hydroxyl groups excluding tert-OH is 1. The highest BCUT2D eigenvalue weighted by atomic mass is 16.3. The Balaban J connectivity index is 2.61. The molecule has 17 heavy (non-hydrogen) atoms. The predicted molar refractivity (Wildman–Crippen MR) is 65.5 cm³/mol. The summed E-state index contributed by atoms with van der Waals surface area (Å²) in [5.41, 5.74) is 2.03. The van der Waals surface area contributed by atoms with Gasteiger partial charge in [-0.05, 0) is 13.8 Å². The molecule has 1 aliphatic heterocycles. The van der Waals surface area contributed by atoms with Crippen LogP contribution in [0.1, 0.15) is 18.2 Å². The van der Waals surface area contributed by atoms with E-state index >= 15 is 0 Å². The topological polar surface area (TPSA) is 70.7 Å². The van der Waals surface area contributed by atoms with E-state index in [1.165, 1.54) is 0 Å². The number of aliphatic hydroxyl groups is 1. The van der Waals surface area contributed by atoms with Gasteiger partial charge in [-0.2, -0.15) is 5.10 Å². The number of aryl methyl sites for hydroxylation is 1. The summed E-state index contributed by atoms with van der Waals surface area (Å²) < 4.78 is 1.60. The summed E-state index contributed by atoms with van der Waals surface area (Å²) in [6, 6.07) is 0. The van der Waals surface area contributed by atoms with Crippen LogP contribution in [0.4, 0.5) is 5.95 Å². The first-order chi connectivity index (χ1) is 8.04. The first-order valence-electron chi connectivity index (χ1n) is 5.53. The highest BCUT2D eigenvalue weighted by Crippen LogP contribution is 2.15. The van der Waals surface area contributed by atoms with Gasteiger partial charge in [0.05, 0.1) is 18.0 Å². The quantitative estimate of drug-likeness (QED) is 0.779. The summed E-state index contributed by atoms with van der Waals surface area (Å²) in [6.07, 6.45) is 0.345. The molecule has 0 fully saturated rings. The zero-order chi connectivity index (χ0) is 12.6. The van der Waals surface area contributed by atoms with Gasteiger partial charge in [0.15, 0.2) is 0 Å². The Hall–Kier alpha value is -1.69. The van der Waals surface area contributed by atoms with Crippen LogP contribution in [0.15, 0.2) is 9.90 Å². The van der Waals surface area contributed by atoms with Crippen molar-refractivity contribution in [3.8, 4) is 0 Å². The van der Waals surface area contributed by atoms with Crippen LogP contribution in [0.2, 0.25) is 0 Å². The zero-order valence-corrected chi connectivity index (χ0v) is 10.3. The van der Waals surface area contributed by atoms with Crippen molar-refractivity contribution in [3.63, 3.8) is 0 Å². The molecule has 1 N–H and O–H groups in total. The van der Waals surface area contributed by atoms with E-state index in [4.69, 9.17) is 5.11 Å². The number of nitrogens with zero attached hydrogens (tertiary/aromatic N) is 4. The Morgan fingerprint density at radius 1 is 1.41 bits per heavy atom. The number of hydrazone groups is 1. The third-order valence-electron chi connectivity index (χ3n) is 2.81. The van der Waals surface area contributed by atoms with E-state index in [1.54, 1.807) is 23.5 Å². The number of anilines is 1. The Morgan fingerprint density at radius 2 is 2.12 bits per heavy atom. The molecular weight excluding hydrogens is 220 g/mol. The van der Waals surface area contributed by atoms with Crippen molar-refractivity contribution in [2.75, 3.05) is 18.7 Å². The van der Waals surface area contributed by atoms with Crippen molar-refractivity contribution in [2.24, 2.45) is 5.10 Å². The molecule has 0 unspecified atom stereocenters. The number of hydrogen-bond acceptors (Lipinski definition) is 5. The van der Waals surface area contributed by atoms with Crippen LogP contribution in [-0.2, 0) is 13.0 Å². The van der Waals surface area contributed by atoms with E-state index in [-0.39, 0.29) is 12.2 Å². The second-order valence-electron chi connectivity index (χ2n) is 4.20. The van der Waals surface area contributed by atoms with E-state index in [9.17, 15) is 4.79 Å². The Kier molecular flexibility index (Phi) is 2.97. The molecule has 0 saturated carbocycles. The monoisotopic (exact) mass is 236 g/mol. The largest absolute Gasteiger partial charge is 0.396 e. The molecule has 0 aliphatic carbocycles. The molecule has 2 rings (SSSR count). The van der Waals surface area contributed by atoms with Crippen LogP contribution in [0.5, 0.6) is 0 Å². The third kappa shape index (κ3) is 1.95. The fraction of sp³-hybridized carbons (Fsp3) is 0.545. The minimum atomic E-state index is -0.0809. The minimum absolute atomic E-state index is 0.0416. The summed E-state index contributed by atoms with van der Waals surface area (Å²) in [5, 5.41) is 14.8. The van der Waals surface area contributed by atoms with Crippen molar-refractivity contribution < 1.29 is 5.11 Å². The Morgan fingerprint density at radius 3 is 2.76 bits per heavy atom. The lowest BCUT2D eigenvalue weighted by molar-refractivity contribution is 0.298. The van der Waals surface area contributed by atoms with Crippen LogP contribution >= 0.6 is 0 Å². The molecule has 0 amide bonds. The normalized spacial score (nSPS) is 14.6. The average Bonchev–Trinajstić information content (AvgIpc) is 2.26. The van der Waals surface area contributed by atoms with Gasteiger partial charge in [0.25, 0.3) is 5.56 Å². The third-order valence-corrected chi connectivity index (χ3v) is 2.81. The Labute approximate surface area is 99.2 Å². The lowest BCUT2D eigenvalue weighted by atomic mass is 10.2. The molecule has 1 aromatic heterocycles. The zero-order valence-electron chi connectivity index (χ0n) is 10.3. The summed E-state index contributed by atoms with van der Waals surface area (Å²) >= 11 is 0. The fourth-order valence-electron chi connectivity index (χ4n) is 2.04. The van der Waals surface area contributed by atoms with Crippen molar-refractivity contribution >= 4 is 11.7 Å². The SMILES string of the molecule is CC1=NN(C)c2nc(C)c(CCO)c(=O)n2C1. The molecule has 0 atom stereocenters. The molecule has 6 nitrogen and oxygen atoms in total. The number of rotatable bonds is 2. The van der Waals surface area contributed by atoms with Crippen LogP contribution in [0.25, 0.3) is 0 Å². The smallest absolute Gasteiger partial charge is 0.258 e. The van der Waals surface area contributed by atoms with Gasteiger partial charge in [-0.15, -0.1) is 0 Å². The molecule has 0 bridgehead atoms. The molecule has 0 saturated heterocycles. The van der Waals surface area contributed by atoms with Crippen LogP contribution < -0.4 is 10.6 Å². The maximum absolute atomic E-state index is 12.2. The lowest BCUT2D eigenvalue weighted by Gasteiger charge is -2.24. The van der Waals surface area contributed by atoms with Gasteiger partial charge in [0.2, 0.25) is 5.95 Å². The standard InChI is InChI=1S/C11H16N4O2/c1-7-6-15-10(17)9(4-5-16)8(2)12-11(15)14(3)13-7/h16H,4-6H2,1-3H3. The summed E-state index contributed by atoms with van der Waals surface area (Å²) in [5.74, 6) is 0.555. The minimum Gasteiger partial charge on any atom is -0.396 e. The number of aromatic nitrogens is 2. The average molecular weight is 236 g/mol. The van der Waals surface area contributed by atoms with Crippen LogP contribution in [0.3, 0.4) is 0 Å². The molecule has 1 aromatic rings. The van der Waals surface area contributed by atoms with Crippen molar-refractivity contribution in [1.29, 1.82) is 0 Å². The van der Waals surface area contributed by atoms with Gasteiger partial charge in [-0.3, -0.25) is 9.36 Å². The van der Waals surface area contributed by atoms with Crippen LogP contribution in [0, 0.1) is 6.92 Å². The molecule has 6 heteroatoms. The highest BCUT2D eigenvalue weighted by Gasteiger charge is 2.20. The molecule has 2 heterocycles. The van der Waals surface area contributed by atoms with Gasteiger partial charge < -0.3 is 5.11 Å². The van der Waals surface area contributed by atoms with Crippen molar-refractivity contribution in [2.45, 2.75) is 26.8 Å². The number of hydrogen-bond donors (Lipinski definition) is 1. The highest BCUT2D eigenvalue weighted by molar-refractivity contribution is 5.84. The number of fused-ring (bicyclic) bond motifs is 1. The first-order valence-corrected chi connectivity index (χ1v) is 5.53. The fourth-order valence-corrected chi connectivity index (χ4v) is 2.04. The van der Waals surface area contributed by atoms with Crippen molar-refractivity contribution in [1.82, 2.24) is 9.55 Å². The maximum Gasteiger partial charge on any atom is 0.258 e. The summed E-state index contributed by atoms with van der Waals surface area (Å²) in [4.78, 5) is 16.6. The van der Waals surface area contributed by atoms with E-state index in [2.05, 4.69) is 10.1 Å². The first kappa shape index (κ1) is 11.8. The predicted octanol–water partition coefficient (Wildman–Crippen LogP) is -0.0878. The molecule has 0 spiro atoms. The van der Waals surface area contributed by atoms with Gasteiger partial charge in [-0.25, -0.2) is 9.99 Å². The Bertz CT molecular complexity index is 533. The van der Waals surface area contributed by atoms with Gasteiger partial charge >= 0.3 is 0 Å².